The van der Waals surface area contributed by atoms with E-state index in [4.69, 9.17) is 0 Å². The average Bonchev–Trinajstić information content (AvgIpc) is 3.29. The van der Waals surface area contributed by atoms with Gasteiger partial charge in [-0.15, -0.1) is 0 Å². The first-order valence-electron chi connectivity index (χ1n) is 16.5. The van der Waals surface area contributed by atoms with E-state index in [2.05, 4.69) is 80.6 Å². The molecular formula is C37H58Si. The van der Waals surface area contributed by atoms with Crippen molar-refractivity contribution in [3.63, 3.8) is 0 Å². The lowest BCUT2D eigenvalue weighted by atomic mass is 9.97. The van der Waals surface area contributed by atoms with Crippen LogP contribution in [0.2, 0.25) is 10.6 Å². The molecule has 2 atom stereocenters. The van der Waals surface area contributed by atoms with Crippen molar-refractivity contribution in [3.05, 3.63) is 83.5 Å². The predicted molar refractivity (Wildman–Crippen MR) is 174 cm³/mol. The van der Waals surface area contributed by atoms with Gasteiger partial charge in [0.05, 0.1) is 0 Å². The third-order valence-electron chi connectivity index (χ3n) is 8.94. The van der Waals surface area contributed by atoms with E-state index in [1.165, 1.54) is 121 Å². The molecule has 0 heterocycles. The van der Waals surface area contributed by atoms with Crippen molar-refractivity contribution in [1.82, 2.24) is 0 Å². The van der Waals surface area contributed by atoms with Crippen molar-refractivity contribution in [2.75, 3.05) is 0 Å². The largest absolute Gasteiger partial charge is 0.0840 e. The van der Waals surface area contributed by atoms with Gasteiger partial charge in [0.1, 0.15) is 0 Å². The molecule has 38 heavy (non-hydrogen) atoms. The van der Waals surface area contributed by atoms with Gasteiger partial charge in [-0.1, -0.05) is 183 Å². The summed E-state index contributed by atoms with van der Waals surface area (Å²) in [6.45, 7) is 4.81. The van der Waals surface area contributed by atoms with Crippen LogP contribution in [0.3, 0.4) is 0 Å². The molecule has 2 aliphatic carbocycles. The summed E-state index contributed by atoms with van der Waals surface area (Å²) < 4.78 is 0. The van der Waals surface area contributed by atoms with Gasteiger partial charge in [0, 0.05) is 9.52 Å². The minimum Gasteiger partial charge on any atom is -0.0840 e. The van der Waals surface area contributed by atoms with Crippen LogP contribution in [-0.2, 0) is 6.42 Å². The van der Waals surface area contributed by atoms with Gasteiger partial charge in [0.25, 0.3) is 0 Å². The minimum atomic E-state index is -0.289. The number of rotatable bonds is 21. The van der Waals surface area contributed by atoms with Crippen LogP contribution < -0.4 is 0 Å². The van der Waals surface area contributed by atoms with Gasteiger partial charge in [-0.05, 0) is 47.4 Å². The molecule has 0 aromatic heterocycles. The van der Waals surface area contributed by atoms with Gasteiger partial charge in [0.2, 0.25) is 0 Å². The Morgan fingerprint density at radius 1 is 0.737 bits per heavy atom. The molecule has 0 nitrogen and oxygen atoms in total. The zero-order chi connectivity index (χ0) is 26.7. The number of hydrogen-bond donors (Lipinski definition) is 0. The van der Waals surface area contributed by atoms with E-state index in [1.807, 2.05) is 0 Å². The highest BCUT2D eigenvalue weighted by molar-refractivity contribution is 6.45. The van der Waals surface area contributed by atoms with Gasteiger partial charge in [-0.25, -0.2) is 0 Å². The summed E-state index contributed by atoms with van der Waals surface area (Å²) in [5.74, 6) is 0. The molecule has 210 valence electrons. The molecule has 0 N–H and O–H groups in total. The average molecular weight is 531 g/mol. The summed E-state index contributed by atoms with van der Waals surface area (Å²) in [5, 5.41) is 0.426. The fraction of sp³-hybridized carbons (Fsp3) is 0.622. The molecule has 3 rings (SSSR count). The van der Waals surface area contributed by atoms with E-state index in [0.29, 0.717) is 5.04 Å². The van der Waals surface area contributed by atoms with E-state index in [0.717, 1.165) is 12.0 Å². The molecule has 0 amide bonds. The standard InChI is InChI=1S/C37H58Si/c1-3-4-5-6-7-8-9-10-11-12-13-14-15-16-17-22-27-34-28-29-36(38-37(2)30-23-19-24-31-37)35(34)32-33-25-20-18-21-26-33/h18-21,23-26,28-30,36H,3-17,22,27,31-32,38H2,1-2H3. The topological polar surface area (TPSA) is 0 Å². The molecule has 0 saturated carbocycles. The summed E-state index contributed by atoms with van der Waals surface area (Å²) in [7, 11) is -0.289. The van der Waals surface area contributed by atoms with E-state index >= 15 is 0 Å². The van der Waals surface area contributed by atoms with Crippen molar-refractivity contribution in [1.29, 1.82) is 0 Å². The second-order valence-electron chi connectivity index (χ2n) is 12.6. The normalized spacial score (nSPS) is 20.9. The first-order valence-corrected chi connectivity index (χ1v) is 18.0. The summed E-state index contributed by atoms with van der Waals surface area (Å²) in [6, 6.07) is 11.2. The summed E-state index contributed by atoms with van der Waals surface area (Å²) in [5.41, 5.74) is 5.65. The Morgan fingerprint density at radius 2 is 1.32 bits per heavy atom. The quantitative estimate of drug-likeness (QED) is 0.109. The molecule has 0 saturated heterocycles. The fourth-order valence-corrected chi connectivity index (χ4v) is 9.01. The molecule has 2 aliphatic rings. The molecule has 1 aromatic rings. The monoisotopic (exact) mass is 530 g/mol. The van der Waals surface area contributed by atoms with Crippen molar-refractivity contribution in [3.8, 4) is 0 Å². The Hall–Kier alpha value is -1.60. The smallest absolute Gasteiger partial charge is 0.0447 e. The molecule has 0 fully saturated rings. The number of hydrogen-bond acceptors (Lipinski definition) is 0. The maximum atomic E-state index is 2.59. The fourth-order valence-electron chi connectivity index (χ4n) is 6.48. The van der Waals surface area contributed by atoms with E-state index in [-0.39, 0.29) is 9.52 Å². The lowest BCUT2D eigenvalue weighted by Gasteiger charge is -2.30. The third-order valence-corrected chi connectivity index (χ3v) is 11.6. The predicted octanol–water partition coefficient (Wildman–Crippen LogP) is 11.4. The summed E-state index contributed by atoms with van der Waals surface area (Å²) in [4.78, 5) is 0. The highest BCUT2D eigenvalue weighted by Crippen LogP contribution is 2.43. The van der Waals surface area contributed by atoms with Crippen LogP contribution in [0.4, 0.5) is 0 Å². The van der Waals surface area contributed by atoms with Crippen LogP contribution in [0.1, 0.15) is 135 Å². The maximum absolute atomic E-state index is 2.59. The number of benzene rings is 1. The second kappa shape index (κ2) is 18.6. The maximum Gasteiger partial charge on any atom is 0.0447 e. The molecule has 2 unspecified atom stereocenters. The lowest BCUT2D eigenvalue weighted by molar-refractivity contribution is 0.529. The van der Waals surface area contributed by atoms with Crippen molar-refractivity contribution in [2.24, 2.45) is 0 Å². The SMILES string of the molecule is CCCCCCCCCCCCCCCCCCC1=C(Cc2ccccc2)C([SiH2]C2(C)C=CC=CC2)C=C1. The Balaban J connectivity index is 1.30. The van der Waals surface area contributed by atoms with E-state index in [9.17, 15) is 0 Å². The van der Waals surface area contributed by atoms with Crippen LogP contribution in [0.5, 0.6) is 0 Å². The highest BCUT2D eigenvalue weighted by atomic mass is 28.2. The van der Waals surface area contributed by atoms with Crippen molar-refractivity contribution < 1.29 is 0 Å². The molecular weight excluding hydrogens is 472 g/mol. The Labute approximate surface area is 239 Å². The molecule has 0 aliphatic heterocycles. The number of allylic oxidation sites excluding steroid dienone is 8. The van der Waals surface area contributed by atoms with Crippen LogP contribution in [0.25, 0.3) is 0 Å². The van der Waals surface area contributed by atoms with Crippen LogP contribution in [0, 0.1) is 0 Å². The zero-order valence-corrected chi connectivity index (χ0v) is 26.5. The van der Waals surface area contributed by atoms with Gasteiger partial charge >= 0.3 is 0 Å². The Kier molecular flexibility index (Phi) is 15.2. The Morgan fingerprint density at radius 3 is 1.87 bits per heavy atom. The van der Waals surface area contributed by atoms with Crippen LogP contribution in [-0.4, -0.2) is 9.52 Å². The first kappa shape index (κ1) is 30.9. The Bertz CT molecular complexity index is 873. The van der Waals surface area contributed by atoms with Gasteiger partial charge in [-0.3, -0.25) is 0 Å². The van der Waals surface area contributed by atoms with E-state index < -0.39 is 0 Å². The van der Waals surface area contributed by atoms with Gasteiger partial charge in [-0.2, -0.15) is 0 Å². The van der Waals surface area contributed by atoms with Gasteiger partial charge < -0.3 is 0 Å². The molecule has 0 radical (unpaired) electrons. The first-order chi connectivity index (χ1) is 18.7. The van der Waals surface area contributed by atoms with Crippen LogP contribution >= 0.6 is 0 Å². The minimum absolute atomic E-state index is 0.289. The molecule has 0 bridgehead atoms. The zero-order valence-electron chi connectivity index (χ0n) is 25.1. The number of unbranched alkanes of at least 4 members (excludes halogenated alkanes) is 15. The highest BCUT2D eigenvalue weighted by Gasteiger charge is 2.30. The molecule has 1 aromatic carbocycles. The molecule has 1 heteroatoms. The van der Waals surface area contributed by atoms with Crippen molar-refractivity contribution >= 4 is 9.52 Å². The van der Waals surface area contributed by atoms with Crippen LogP contribution in [0.15, 0.2) is 77.9 Å². The molecule has 0 spiro atoms. The van der Waals surface area contributed by atoms with Gasteiger partial charge in [0.15, 0.2) is 0 Å². The summed E-state index contributed by atoms with van der Waals surface area (Å²) >= 11 is 0. The van der Waals surface area contributed by atoms with Crippen molar-refractivity contribution in [2.45, 2.75) is 146 Å². The summed E-state index contributed by atoms with van der Waals surface area (Å²) in [6.07, 6.45) is 41.2. The second-order valence-corrected chi connectivity index (χ2v) is 15.5. The van der Waals surface area contributed by atoms with E-state index in [1.54, 1.807) is 11.1 Å². The third kappa shape index (κ3) is 12.1. The lowest BCUT2D eigenvalue weighted by Crippen LogP contribution is -2.20.